The van der Waals surface area contributed by atoms with Crippen molar-refractivity contribution in [1.29, 1.82) is 0 Å². The van der Waals surface area contributed by atoms with Crippen LogP contribution in [0.3, 0.4) is 0 Å². The maximum atomic E-state index is 12.8. The Kier molecular flexibility index (Phi) is 5.14. The number of thiophene rings is 1. The Labute approximate surface area is 159 Å². The third-order valence-electron chi connectivity index (χ3n) is 5.78. The Morgan fingerprint density at radius 3 is 2.77 bits per heavy atom. The van der Waals surface area contributed by atoms with Gasteiger partial charge < -0.3 is 5.32 Å². The summed E-state index contributed by atoms with van der Waals surface area (Å²) >= 11 is 1.79. The quantitative estimate of drug-likeness (QED) is 0.843. The first kappa shape index (κ1) is 17.7. The molecule has 2 aromatic rings. The zero-order valence-corrected chi connectivity index (χ0v) is 16.5. The Morgan fingerprint density at radius 1 is 1.35 bits per heavy atom. The van der Waals surface area contributed by atoms with Crippen LogP contribution >= 0.6 is 11.3 Å². The van der Waals surface area contributed by atoms with Gasteiger partial charge in [0.25, 0.3) is 5.91 Å². The van der Waals surface area contributed by atoms with Crippen molar-refractivity contribution >= 4 is 17.2 Å². The van der Waals surface area contributed by atoms with Gasteiger partial charge in [-0.05, 0) is 56.1 Å². The average molecular weight is 373 g/mol. The number of carbonyl (C=O) groups is 1. The summed E-state index contributed by atoms with van der Waals surface area (Å²) in [4.78, 5) is 16.7. The van der Waals surface area contributed by atoms with E-state index in [0.29, 0.717) is 12.5 Å². The molecule has 26 heavy (non-hydrogen) atoms. The van der Waals surface area contributed by atoms with Crippen LogP contribution in [0.25, 0.3) is 0 Å². The molecule has 4 rings (SSSR count). The maximum absolute atomic E-state index is 12.8. The minimum atomic E-state index is 0.0203. The summed E-state index contributed by atoms with van der Waals surface area (Å²) in [5, 5.41) is 9.65. The van der Waals surface area contributed by atoms with E-state index in [1.54, 1.807) is 17.5 Å². The minimum Gasteiger partial charge on any atom is -0.350 e. The van der Waals surface area contributed by atoms with Crippen molar-refractivity contribution in [3.8, 4) is 0 Å². The first-order valence-electron chi connectivity index (χ1n) is 9.71. The molecular formula is C20H28N4OS. The summed E-state index contributed by atoms with van der Waals surface area (Å²) in [5.74, 6) is 1.34. The lowest BCUT2D eigenvalue weighted by atomic mass is 9.97. The smallest absolute Gasteiger partial charge is 0.254 e. The molecule has 0 radical (unpaired) electrons. The molecule has 1 N–H and O–H groups in total. The molecule has 5 nitrogen and oxygen atoms in total. The van der Waals surface area contributed by atoms with Gasteiger partial charge in [-0.3, -0.25) is 14.4 Å². The average Bonchev–Trinajstić information content (AvgIpc) is 3.17. The van der Waals surface area contributed by atoms with Crippen molar-refractivity contribution < 1.29 is 4.79 Å². The van der Waals surface area contributed by atoms with Crippen LogP contribution in [-0.2, 0) is 7.05 Å². The largest absolute Gasteiger partial charge is 0.350 e. The van der Waals surface area contributed by atoms with E-state index in [0.717, 1.165) is 30.3 Å². The van der Waals surface area contributed by atoms with E-state index in [2.05, 4.69) is 39.8 Å². The Balaban J connectivity index is 1.45. The number of aromatic nitrogens is 2. The molecule has 2 aliphatic rings. The van der Waals surface area contributed by atoms with Gasteiger partial charge in [0.1, 0.15) is 0 Å². The fourth-order valence-corrected chi connectivity index (χ4v) is 4.84. The van der Waals surface area contributed by atoms with Gasteiger partial charge in [-0.2, -0.15) is 5.10 Å². The van der Waals surface area contributed by atoms with E-state index >= 15 is 0 Å². The van der Waals surface area contributed by atoms with E-state index in [1.807, 2.05) is 11.7 Å². The zero-order valence-electron chi connectivity index (χ0n) is 15.6. The van der Waals surface area contributed by atoms with E-state index in [4.69, 9.17) is 0 Å². The molecule has 1 saturated carbocycles. The number of hydrogen-bond donors (Lipinski definition) is 1. The summed E-state index contributed by atoms with van der Waals surface area (Å²) in [6.07, 6.45) is 6.55. The summed E-state index contributed by atoms with van der Waals surface area (Å²) in [5.41, 5.74) is 1.86. The van der Waals surface area contributed by atoms with Gasteiger partial charge in [-0.15, -0.1) is 11.3 Å². The molecule has 140 valence electrons. The highest BCUT2D eigenvalue weighted by Crippen LogP contribution is 2.41. The Bertz CT molecular complexity index is 742. The van der Waals surface area contributed by atoms with Crippen molar-refractivity contribution in [2.45, 2.75) is 44.6 Å². The fourth-order valence-electron chi connectivity index (χ4n) is 3.98. The molecule has 0 unspecified atom stereocenters. The van der Waals surface area contributed by atoms with Crippen LogP contribution in [0.5, 0.6) is 0 Å². The molecule has 0 bridgehead atoms. The van der Waals surface area contributed by atoms with E-state index in [1.165, 1.54) is 30.6 Å². The van der Waals surface area contributed by atoms with Crippen molar-refractivity contribution in [2.24, 2.45) is 13.0 Å². The number of nitrogens with one attached hydrogen (secondary N) is 1. The summed E-state index contributed by atoms with van der Waals surface area (Å²) in [7, 11) is 1.94. The van der Waals surface area contributed by atoms with Crippen LogP contribution in [0, 0.1) is 5.92 Å². The monoisotopic (exact) mass is 372 g/mol. The summed E-state index contributed by atoms with van der Waals surface area (Å²) in [6.45, 7) is 5.22. The van der Waals surface area contributed by atoms with Crippen LogP contribution in [0.15, 0.2) is 23.7 Å². The number of nitrogens with zero attached hydrogens (tertiary/aromatic N) is 3. The molecule has 0 spiro atoms. The minimum absolute atomic E-state index is 0.0203. The van der Waals surface area contributed by atoms with Crippen molar-refractivity contribution in [3.05, 3.63) is 39.8 Å². The van der Waals surface area contributed by atoms with Gasteiger partial charge in [0.15, 0.2) is 0 Å². The van der Waals surface area contributed by atoms with Gasteiger partial charge in [-0.1, -0.05) is 13.0 Å². The third kappa shape index (κ3) is 3.71. The van der Waals surface area contributed by atoms with E-state index < -0.39 is 0 Å². The van der Waals surface area contributed by atoms with Crippen LogP contribution in [-0.4, -0.2) is 40.2 Å². The maximum Gasteiger partial charge on any atom is 0.254 e. The topological polar surface area (TPSA) is 50.2 Å². The van der Waals surface area contributed by atoms with Crippen LogP contribution in [0.4, 0.5) is 0 Å². The van der Waals surface area contributed by atoms with Crippen LogP contribution in [0.2, 0.25) is 0 Å². The van der Waals surface area contributed by atoms with Gasteiger partial charge >= 0.3 is 0 Å². The Morgan fingerprint density at radius 2 is 2.12 bits per heavy atom. The van der Waals surface area contributed by atoms with E-state index in [9.17, 15) is 4.79 Å². The van der Waals surface area contributed by atoms with Crippen molar-refractivity contribution in [3.63, 3.8) is 0 Å². The number of amides is 1. The second kappa shape index (κ2) is 7.53. The molecule has 3 heterocycles. The molecular weight excluding hydrogens is 344 g/mol. The Hall–Kier alpha value is -1.66. The number of piperidine rings is 1. The molecule has 0 aromatic carbocycles. The molecule has 2 fully saturated rings. The zero-order chi connectivity index (χ0) is 18.1. The number of carbonyl (C=O) groups excluding carboxylic acids is 1. The lowest BCUT2D eigenvalue weighted by Gasteiger charge is -2.36. The highest BCUT2D eigenvalue weighted by molar-refractivity contribution is 7.10. The van der Waals surface area contributed by atoms with Gasteiger partial charge in [0, 0.05) is 24.4 Å². The third-order valence-corrected chi connectivity index (χ3v) is 6.75. The standard InChI is InChI=1S/C20H28N4OS/c1-14-7-9-24(10-8-14)17(18-4-3-11-26-18)13-21-20(25)16-12-22-23(2)19(16)15-5-6-15/h3-4,11-12,14-15,17H,5-10,13H2,1-2H3,(H,21,25)/t17-/m0/s1. The second-order valence-electron chi connectivity index (χ2n) is 7.80. The molecule has 1 aliphatic carbocycles. The highest BCUT2D eigenvalue weighted by Gasteiger charge is 2.32. The first-order valence-corrected chi connectivity index (χ1v) is 10.6. The lowest BCUT2D eigenvalue weighted by molar-refractivity contribution is 0.0914. The van der Waals surface area contributed by atoms with Crippen LogP contribution < -0.4 is 5.32 Å². The number of likely N-dealkylation sites (tertiary alicyclic amines) is 1. The summed E-state index contributed by atoms with van der Waals surface area (Å²) < 4.78 is 1.87. The SMILES string of the molecule is CC1CCN([C@@H](CNC(=O)c2cnn(C)c2C2CC2)c2cccs2)CC1. The first-order chi connectivity index (χ1) is 12.6. The lowest BCUT2D eigenvalue weighted by Crippen LogP contribution is -2.41. The van der Waals surface area contributed by atoms with Crippen molar-refractivity contribution in [1.82, 2.24) is 20.0 Å². The number of aryl methyl sites for hydroxylation is 1. The van der Waals surface area contributed by atoms with Crippen molar-refractivity contribution in [2.75, 3.05) is 19.6 Å². The molecule has 2 aromatic heterocycles. The molecule has 1 atom stereocenters. The molecule has 6 heteroatoms. The molecule has 1 saturated heterocycles. The highest BCUT2D eigenvalue weighted by atomic mass is 32.1. The normalized spacial score (nSPS) is 20.2. The summed E-state index contributed by atoms with van der Waals surface area (Å²) in [6, 6.07) is 4.57. The van der Waals surface area contributed by atoms with E-state index in [-0.39, 0.29) is 11.9 Å². The van der Waals surface area contributed by atoms with Gasteiger partial charge in [0.2, 0.25) is 0 Å². The number of rotatable bonds is 6. The second-order valence-corrected chi connectivity index (χ2v) is 8.78. The van der Waals surface area contributed by atoms with Gasteiger partial charge in [0.05, 0.1) is 23.5 Å². The van der Waals surface area contributed by atoms with Crippen LogP contribution in [0.1, 0.15) is 65.5 Å². The predicted molar refractivity (Wildman–Crippen MR) is 105 cm³/mol. The van der Waals surface area contributed by atoms with Gasteiger partial charge in [-0.25, -0.2) is 0 Å². The fraction of sp³-hybridized carbons (Fsp3) is 0.600. The molecule has 1 aliphatic heterocycles. The predicted octanol–water partition coefficient (Wildman–Crippen LogP) is 3.56. The number of hydrogen-bond acceptors (Lipinski definition) is 4. The molecule has 1 amide bonds.